The molecule has 4 atom stereocenters. The molecule has 2 fully saturated rings. The lowest BCUT2D eigenvalue weighted by Crippen LogP contribution is -2.66. The number of fused-ring (bicyclic) bond motifs is 2. The standard InChI is InChI=1S/C9H16N4OS/c1-13-4-2-3-5(13)7(12-9(11)15)8(14)6(4)10/h4-7H,2-3,10H2,1H3,(H3,11,12,15). The molecule has 6 heteroatoms. The molecule has 0 saturated carbocycles. The van der Waals surface area contributed by atoms with Gasteiger partial charge in [-0.2, -0.15) is 0 Å². The minimum atomic E-state index is -0.416. The molecule has 2 aliphatic heterocycles. The number of carbonyl (C=O) groups is 1. The predicted molar refractivity (Wildman–Crippen MR) is 61.3 cm³/mol. The largest absolute Gasteiger partial charge is 0.376 e. The minimum Gasteiger partial charge on any atom is -0.376 e. The van der Waals surface area contributed by atoms with Crippen molar-refractivity contribution in [3.8, 4) is 0 Å². The zero-order chi connectivity index (χ0) is 11.2. The van der Waals surface area contributed by atoms with Crippen molar-refractivity contribution in [3.63, 3.8) is 0 Å². The van der Waals surface area contributed by atoms with Crippen LogP contribution in [-0.4, -0.2) is 47.0 Å². The second-order valence-corrected chi connectivity index (χ2v) is 4.73. The van der Waals surface area contributed by atoms with Crippen LogP contribution < -0.4 is 16.8 Å². The second-order valence-electron chi connectivity index (χ2n) is 4.29. The Morgan fingerprint density at radius 2 is 2.13 bits per heavy atom. The van der Waals surface area contributed by atoms with Crippen LogP contribution in [0.4, 0.5) is 0 Å². The summed E-state index contributed by atoms with van der Waals surface area (Å²) in [5, 5.41) is 3.02. The third kappa shape index (κ3) is 1.62. The van der Waals surface area contributed by atoms with E-state index >= 15 is 0 Å². The lowest BCUT2D eigenvalue weighted by molar-refractivity contribution is -0.127. The van der Waals surface area contributed by atoms with E-state index in [1.54, 1.807) is 0 Å². The number of nitrogens with two attached hydrogens (primary N) is 2. The molecule has 0 aromatic rings. The number of carbonyl (C=O) groups excluding carboxylic acids is 1. The smallest absolute Gasteiger partial charge is 0.174 e. The van der Waals surface area contributed by atoms with E-state index in [-0.39, 0.29) is 29.0 Å². The zero-order valence-corrected chi connectivity index (χ0v) is 9.46. The summed E-state index contributed by atoms with van der Waals surface area (Å²) in [5.41, 5.74) is 11.3. The van der Waals surface area contributed by atoms with Gasteiger partial charge in [0.25, 0.3) is 0 Å². The van der Waals surface area contributed by atoms with E-state index in [0.717, 1.165) is 12.8 Å². The summed E-state index contributed by atoms with van der Waals surface area (Å²) in [4.78, 5) is 14.1. The van der Waals surface area contributed by atoms with Crippen LogP contribution in [0.25, 0.3) is 0 Å². The third-order valence-corrected chi connectivity index (χ3v) is 3.65. The Morgan fingerprint density at radius 1 is 1.53 bits per heavy atom. The van der Waals surface area contributed by atoms with Crippen molar-refractivity contribution in [2.75, 3.05) is 7.05 Å². The van der Waals surface area contributed by atoms with Crippen LogP contribution in [0.1, 0.15) is 12.8 Å². The van der Waals surface area contributed by atoms with Gasteiger partial charge in [0, 0.05) is 12.1 Å². The van der Waals surface area contributed by atoms with Gasteiger partial charge in [0.05, 0.1) is 6.04 Å². The fourth-order valence-electron chi connectivity index (χ4n) is 2.74. The van der Waals surface area contributed by atoms with Gasteiger partial charge >= 0.3 is 0 Å². The van der Waals surface area contributed by atoms with Crippen LogP contribution in [0.5, 0.6) is 0 Å². The van der Waals surface area contributed by atoms with Gasteiger partial charge in [-0.3, -0.25) is 9.69 Å². The van der Waals surface area contributed by atoms with Gasteiger partial charge in [-0.15, -0.1) is 0 Å². The fourth-order valence-corrected chi connectivity index (χ4v) is 2.86. The third-order valence-electron chi connectivity index (χ3n) is 3.54. The lowest BCUT2D eigenvalue weighted by atomic mass is 9.92. The number of hydrogen-bond donors (Lipinski definition) is 3. The molecule has 2 bridgehead atoms. The Balaban J connectivity index is 2.22. The molecule has 0 aromatic carbocycles. The van der Waals surface area contributed by atoms with Crippen molar-refractivity contribution in [3.05, 3.63) is 0 Å². The maximum absolute atomic E-state index is 11.9. The lowest BCUT2D eigenvalue weighted by Gasteiger charge is -2.40. The predicted octanol–water partition coefficient (Wildman–Crippen LogP) is -1.44. The highest BCUT2D eigenvalue weighted by atomic mass is 32.1. The summed E-state index contributed by atoms with van der Waals surface area (Å²) in [7, 11) is 2.00. The Hall–Kier alpha value is -0.720. The van der Waals surface area contributed by atoms with Crippen LogP contribution in [0, 0.1) is 0 Å². The monoisotopic (exact) mass is 228 g/mol. The first kappa shape index (κ1) is 10.8. The van der Waals surface area contributed by atoms with Crippen LogP contribution in [0.3, 0.4) is 0 Å². The van der Waals surface area contributed by atoms with Gasteiger partial charge in [-0.1, -0.05) is 0 Å². The van der Waals surface area contributed by atoms with Gasteiger partial charge in [-0.05, 0) is 32.1 Å². The number of thiocarbonyl (C=S) groups is 1. The van der Waals surface area contributed by atoms with E-state index in [9.17, 15) is 4.79 Å². The number of nitrogens with one attached hydrogen (secondary N) is 1. The van der Waals surface area contributed by atoms with Crippen molar-refractivity contribution in [2.45, 2.75) is 37.0 Å². The molecule has 0 aromatic heterocycles. The molecule has 5 N–H and O–H groups in total. The molecule has 4 unspecified atom stereocenters. The summed E-state index contributed by atoms with van der Waals surface area (Å²) in [5.74, 6) is 0.0356. The average molecular weight is 228 g/mol. The Bertz CT molecular complexity index is 308. The van der Waals surface area contributed by atoms with Crippen molar-refractivity contribution in [1.82, 2.24) is 10.2 Å². The number of piperidine rings is 1. The molecule has 84 valence electrons. The van der Waals surface area contributed by atoms with Crippen molar-refractivity contribution < 1.29 is 4.79 Å². The van der Waals surface area contributed by atoms with Gasteiger partial charge in [0.15, 0.2) is 10.9 Å². The molecule has 2 rings (SSSR count). The number of hydrogen-bond acceptors (Lipinski definition) is 4. The van der Waals surface area contributed by atoms with E-state index in [2.05, 4.69) is 10.2 Å². The number of ketones is 1. The highest BCUT2D eigenvalue weighted by molar-refractivity contribution is 7.80. The maximum atomic E-state index is 11.9. The summed E-state index contributed by atoms with van der Waals surface area (Å²) in [6, 6.07) is -0.377. The summed E-state index contributed by atoms with van der Waals surface area (Å²) in [6.45, 7) is 0. The molecular weight excluding hydrogens is 212 g/mol. The highest BCUT2D eigenvalue weighted by Crippen LogP contribution is 2.31. The van der Waals surface area contributed by atoms with Crippen molar-refractivity contribution in [1.29, 1.82) is 0 Å². The van der Waals surface area contributed by atoms with Gasteiger partial charge in [0.1, 0.15) is 6.04 Å². The first-order chi connectivity index (χ1) is 7.02. The molecule has 2 saturated heterocycles. The molecular formula is C9H16N4OS. The summed E-state index contributed by atoms with van der Waals surface area (Å²) < 4.78 is 0. The van der Waals surface area contributed by atoms with Crippen LogP contribution >= 0.6 is 12.2 Å². The fraction of sp³-hybridized carbons (Fsp3) is 0.778. The Kier molecular flexibility index (Phi) is 2.66. The second kappa shape index (κ2) is 3.70. The maximum Gasteiger partial charge on any atom is 0.174 e. The van der Waals surface area contributed by atoms with E-state index in [4.69, 9.17) is 23.7 Å². The topological polar surface area (TPSA) is 84.4 Å². The summed E-state index contributed by atoms with van der Waals surface area (Å²) in [6.07, 6.45) is 1.95. The van der Waals surface area contributed by atoms with Crippen LogP contribution in [0.2, 0.25) is 0 Å². The molecule has 2 heterocycles. The van der Waals surface area contributed by atoms with Crippen LogP contribution in [0.15, 0.2) is 0 Å². The molecule has 15 heavy (non-hydrogen) atoms. The number of likely N-dealkylation sites (N-methyl/N-ethyl adjacent to an activating group) is 1. The Labute approximate surface area is 94.2 Å². The van der Waals surface area contributed by atoms with Gasteiger partial charge in [-0.25, -0.2) is 0 Å². The van der Waals surface area contributed by atoms with Crippen LogP contribution in [-0.2, 0) is 4.79 Å². The van der Waals surface area contributed by atoms with Crippen molar-refractivity contribution in [2.24, 2.45) is 11.5 Å². The van der Waals surface area contributed by atoms with E-state index in [1.807, 2.05) is 7.05 Å². The van der Waals surface area contributed by atoms with E-state index in [1.165, 1.54) is 0 Å². The molecule has 2 aliphatic rings. The molecule has 0 spiro atoms. The number of nitrogens with zero attached hydrogens (tertiary/aromatic N) is 1. The Morgan fingerprint density at radius 3 is 2.73 bits per heavy atom. The molecule has 5 nitrogen and oxygen atoms in total. The molecule has 0 amide bonds. The first-order valence-electron chi connectivity index (χ1n) is 5.09. The minimum absolute atomic E-state index is 0.0356. The van der Waals surface area contributed by atoms with E-state index in [0.29, 0.717) is 0 Å². The van der Waals surface area contributed by atoms with Crippen molar-refractivity contribution >= 4 is 23.1 Å². The average Bonchev–Trinajstić information content (AvgIpc) is 2.48. The zero-order valence-electron chi connectivity index (χ0n) is 8.64. The molecule has 0 radical (unpaired) electrons. The summed E-state index contributed by atoms with van der Waals surface area (Å²) >= 11 is 4.78. The van der Waals surface area contributed by atoms with E-state index < -0.39 is 6.04 Å². The molecule has 0 aliphatic carbocycles. The van der Waals surface area contributed by atoms with Gasteiger partial charge < -0.3 is 16.8 Å². The number of rotatable bonds is 1. The highest BCUT2D eigenvalue weighted by Gasteiger charge is 2.49. The normalized spacial score (nSPS) is 40.5. The number of Topliss-reactive ketones (excluding diaryl/α,β-unsaturated/α-hetero) is 1. The first-order valence-corrected chi connectivity index (χ1v) is 5.50. The van der Waals surface area contributed by atoms with Gasteiger partial charge in [0.2, 0.25) is 0 Å². The quantitative estimate of drug-likeness (QED) is 0.477. The SMILES string of the molecule is CN1C2CCC1C(NC(N)=S)C(=O)C2N.